The second kappa shape index (κ2) is 8.41. The van der Waals surface area contributed by atoms with Crippen molar-refractivity contribution < 1.29 is 9.59 Å². The molecule has 0 saturated carbocycles. The maximum absolute atomic E-state index is 12.3. The van der Waals surface area contributed by atoms with E-state index in [4.69, 9.17) is 0 Å². The third kappa shape index (κ3) is 5.40. The first-order valence-electron chi connectivity index (χ1n) is 8.37. The summed E-state index contributed by atoms with van der Waals surface area (Å²) in [4.78, 5) is 36.1. The summed E-state index contributed by atoms with van der Waals surface area (Å²) >= 11 is 3.55. The number of hydrogen-bond acceptors (Lipinski definition) is 8. The van der Waals surface area contributed by atoms with Crippen molar-refractivity contribution in [3.8, 4) is 0 Å². The van der Waals surface area contributed by atoms with Gasteiger partial charge in [-0.25, -0.2) is 0 Å². The van der Waals surface area contributed by atoms with Crippen molar-refractivity contribution in [2.24, 2.45) is 0 Å². The largest absolute Gasteiger partial charge is 0.351 e. The van der Waals surface area contributed by atoms with Crippen LogP contribution in [0.25, 0.3) is 10.2 Å². The van der Waals surface area contributed by atoms with Gasteiger partial charge in [-0.05, 0) is 32.9 Å². The Morgan fingerprint density at radius 1 is 1.14 bits per heavy atom. The van der Waals surface area contributed by atoms with Gasteiger partial charge in [-0.2, -0.15) is 0 Å². The van der Waals surface area contributed by atoms with Crippen LogP contribution in [0.3, 0.4) is 0 Å². The number of rotatable bonds is 6. The lowest BCUT2D eigenvalue weighted by Gasteiger charge is -2.19. The van der Waals surface area contributed by atoms with Gasteiger partial charge < -0.3 is 5.32 Å². The van der Waals surface area contributed by atoms with E-state index in [0.717, 1.165) is 21.6 Å². The molecule has 8 nitrogen and oxygen atoms in total. The highest BCUT2D eigenvalue weighted by Crippen LogP contribution is 2.25. The smallest absolute Gasteiger partial charge is 0.308 e. The number of thioether (sulfide) groups is 1. The quantitative estimate of drug-likeness (QED) is 0.453. The van der Waals surface area contributed by atoms with Crippen LogP contribution in [0, 0.1) is 0 Å². The molecule has 0 spiro atoms. The van der Waals surface area contributed by atoms with Crippen LogP contribution in [-0.4, -0.2) is 37.9 Å². The van der Waals surface area contributed by atoms with E-state index in [1.807, 2.05) is 45.0 Å². The molecule has 3 aromatic rings. The van der Waals surface area contributed by atoms with E-state index in [1.165, 1.54) is 27.7 Å². The van der Waals surface area contributed by atoms with Crippen molar-refractivity contribution >= 4 is 61.6 Å². The van der Waals surface area contributed by atoms with Gasteiger partial charge in [-0.3, -0.25) is 24.3 Å². The molecule has 2 N–H and O–H groups in total. The number of fused-ring (bicyclic) bond motifs is 1. The zero-order chi connectivity index (χ0) is 20.3. The molecule has 148 valence electrons. The van der Waals surface area contributed by atoms with Crippen molar-refractivity contribution in [3.63, 3.8) is 0 Å². The highest BCUT2D eigenvalue weighted by Gasteiger charge is 2.16. The van der Waals surface area contributed by atoms with E-state index in [-0.39, 0.29) is 34.5 Å². The number of carbonyl (C=O) groups excluding carboxylic acids is 2. The molecule has 0 aliphatic heterocycles. The van der Waals surface area contributed by atoms with Crippen LogP contribution in [0.2, 0.25) is 0 Å². The molecule has 28 heavy (non-hydrogen) atoms. The molecule has 11 heteroatoms. The Labute approximate surface area is 173 Å². The van der Waals surface area contributed by atoms with Crippen LogP contribution < -0.4 is 15.5 Å². The number of nitrogens with one attached hydrogen (secondary N) is 2. The number of thiazole rings is 1. The minimum atomic E-state index is -0.358. The molecule has 0 radical (unpaired) electrons. The number of carbonyl (C=O) groups is 2. The molecule has 0 aliphatic rings. The molecule has 2 heterocycles. The Bertz CT molecular complexity index is 1060. The average Bonchev–Trinajstić information content (AvgIpc) is 3.16. The van der Waals surface area contributed by atoms with Crippen LogP contribution >= 0.6 is 34.4 Å². The molecule has 0 bridgehead atoms. The third-order valence-electron chi connectivity index (χ3n) is 3.37. The van der Waals surface area contributed by atoms with E-state index in [9.17, 15) is 14.4 Å². The number of anilines is 1. The molecule has 3 rings (SSSR count). The van der Waals surface area contributed by atoms with Crippen molar-refractivity contribution in [1.82, 2.24) is 20.1 Å². The zero-order valence-corrected chi connectivity index (χ0v) is 18.0. The summed E-state index contributed by atoms with van der Waals surface area (Å²) in [7, 11) is 0. The summed E-state index contributed by atoms with van der Waals surface area (Å²) in [5, 5.41) is 13.7. The lowest BCUT2D eigenvalue weighted by molar-refractivity contribution is -0.120. The van der Waals surface area contributed by atoms with Crippen LogP contribution in [0.5, 0.6) is 0 Å². The summed E-state index contributed by atoms with van der Waals surface area (Å²) in [6, 6.07) is 7.33. The van der Waals surface area contributed by atoms with Gasteiger partial charge in [0, 0.05) is 5.54 Å². The van der Waals surface area contributed by atoms with Gasteiger partial charge in [0.05, 0.1) is 16.0 Å². The summed E-state index contributed by atoms with van der Waals surface area (Å²) in [6.07, 6.45) is 0. The lowest BCUT2D eigenvalue weighted by Crippen LogP contribution is -2.41. The Hall–Kier alpha value is -2.24. The molecular formula is C17H19N5O3S3. The zero-order valence-electron chi connectivity index (χ0n) is 15.5. The molecule has 2 aromatic heterocycles. The average molecular weight is 438 g/mol. The van der Waals surface area contributed by atoms with E-state index in [1.54, 1.807) is 0 Å². The fraction of sp³-hybridized carbons (Fsp3) is 0.353. The van der Waals surface area contributed by atoms with Crippen LogP contribution in [-0.2, 0) is 16.1 Å². The van der Waals surface area contributed by atoms with Gasteiger partial charge in [0.1, 0.15) is 6.54 Å². The molecular weight excluding hydrogens is 418 g/mol. The molecule has 1 aromatic carbocycles. The van der Waals surface area contributed by atoms with Gasteiger partial charge in [-0.15, -0.1) is 10.2 Å². The van der Waals surface area contributed by atoms with Crippen LogP contribution in [0.4, 0.5) is 5.13 Å². The number of hydrogen-bond donors (Lipinski definition) is 2. The van der Waals surface area contributed by atoms with E-state index in [0.29, 0.717) is 9.47 Å². The van der Waals surface area contributed by atoms with Crippen molar-refractivity contribution in [3.05, 3.63) is 33.9 Å². The first-order valence-corrected chi connectivity index (χ1v) is 11.0. The predicted molar refractivity (Wildman–Crippen MR) is 113 cm³/mol. The lowest BCUT2D eigenvalue weighted by atomic mass is 10.1. The summed E-state index contributed by atoms with van der Waals surface area (Å²) in [5.74, 6) is -0.235. The Balaban J connectivity index is 1.57. The molecule has 0 atom stereocenters. The number of para-hydroxylation sites is 1. The second-order valence-electron chi connectivity index (χ2n) is 6.93. The molecule has 0 saturated heterocycles. The second-order valence-corrected chi connectivity index (χ2v) is 10.1. The van der Waals surface area contributed by atoms with Crippen molar-refractivity contribution in [2.45, 2.75) is 37.2 Å². The number of benzene rings is 1. The minimum absolute atomic E-state index is 0.0954. The summed E-state index contributed by atoms with van der Waals surface area (Å²) in [6.45, 7) is 5.64. The van der Waals surface area contributed by atoms with E-state index in [2.05, 4.69) is 20.8 Å². The van der Waals surface area contributed by atoms with Gasteiger partial charge in [0.15, 0.2) is 4.34 Å². The molecule has 0 aliphatic carbocycles. The SMILES string of the molecule is CC(C)(C)NC(=O)CSc1nnc(NC(=O)Cn2c(=O)sc3ccccc32)s1. The Morgan fingerprint density at radius 3 is 2.64 bits per heavy atom. The molecule has 0 fully saturated rings. The van der Waals surface area contributed by atoms with E-state index >= 15 is 0 Å². The molecule has 0 unspecified atom stereocenters. The maximum Gasteiger partial charge on any atom is 0.308 e. The van der Waals surface area contributed by atoms with Crippen LogP contribution in [0.15, 0.2) is 33.4 Å². The van der Waals surface area contributed by atoms with Crippen molar-refractivity contribution in [2.75, 3.05) is 11.1 Å². The highest BCUT2D eigenvalue weighted by molar-refractivity contribution is 8.01. The Morgan fingerprint density at radius 2 is 1.89 bits per heavy atom. The number of nitrogens with zero attached hydrogens (tertiary/aromatic N) is 3. The standard InChI is InChI=1S/C17H19N5O3S3/c1-17(2,3)19-13(24)9-26-15-21-20-14(28-15)18-12(23)8-22-10-6-4-5-7-11(10)27-16(22)25/h4-7H,8-9H2,1-3H3,(H,19,24)(H,18,20,23). The fourth-order valence-electron chi connectivity index (χ4n) is 2.37. The first-order chi connectivity index (χ1) is 13.2. The summed E-state index contributed by atoms with van der Waals surface area (Å²) in [5.41, 5.74) is 0.438. The highest BCUT2D eigenvalue weighted by atomic mass is 32.2. The number of amides is 2. The maximum atomic E-state index is 12.3. The summed E-state index contributed by atoms with van der Waals surface area (Å²) < 4.78 is 2.85. The van der Waals surface area contributed by atoms with Crippen molar-refractivity contribution in [1.29, 1.82) is 0 Å². The van der Waals surface area contributed by atoms with Crippen LogP contribution in [0.1, 0.15) is 20.8 Å². The number of aromatic nitrogens is 3. The predicted octanol–water partition coefficient (Wildman–Crippen LogP) is 2.56. The molecule has 2 amide bonds. The Kier molecular flexibility index (Phi) is 6.16. The monoisotopic (exact) mass is 437 g/mol. The first kappa shape index (κ1) is 20.5. The topological polar surface area (TPSA) is 106 Å². The minimum Gasteiger partial charge on any atom is -0.351 e. The van der Waals surface area contributed by atoms with Gasteiger partial charge in [-0.1, -0.05) is 46.6 Å². The van der Waals surface area contributed by atoms with Gasteiger partial charge >= 0.3 is 4.87 Å². The third-order valence-corrected chi connectivity index (χ3v) is 6.30. The van der Waals surface area contributed by atoms with Gasteiger partial charge in [0.2, 0.25) is 16.9 Å². The van der Waals surface area contributed by atoms with E-state index < -0.39 is 0 Å². The van der Waals surface area contributed by atoms with Gasteiger partial charge in [0.25, 0.3) is 0 Å². The fourth-order valence-corrected chi connectivity index (χ4v) is 4.83. The normalized spacial score (nSPS) is 11.5.